The van der Waals surface area contributed by atoms with E-state index < -0.39 is 0 Å². The minimum atomic E-state index is -0.0889. The van der Waals surface area contributed by atoms with Crippen LogP contribution in [0.4, 0.5) is 11.4 Å². The predicted molar refractivity (Wildman–Crippen MR) is 135 cm³/mol. The summed E-state index contributed by atoms with van der Waals surface area (Å²) < 4.78 is 1.60. The molecule has 0 radical (unpaired) electrons. The Balaban J connectivity index is 1.27. The summed E-state index contributed by atoms with van der Waals surface area (Å²) in [5, 5.41) is 3.85. The Hall–Kier alpha value is -2.71. The molecular formula is C25H31N5O2S. The van der Waals surface area contributed by atoms with Crippen molar-refractivity contribution in [2.24, 2.45) is 0 Å². The highest BCUT2D eigenvalue weighted by Crippen LogP contribution is 2.33. The lowest BCUT2D eigenvalue weighted by Crippen LogP contribution is -2.46. The zero-order valence-electron chi connectivity index (χ0n) is 19.2. The second-order valence-corrected chi connectivity index (χ2v) is 9.95. The number of nitrogens with zero attached hydrogens (tertiary/aromatic N) is 4. The number of carbonyl (C=O) groups is 1. The molecule has 33 heavy (non-hydrogen) atoms. The van der Waals surface area contributed by atoms with E-state index in [-0.39, 0.29) is 17.9 Å². The standard InChI is InChI=1S/C25H31N5O2S/c1-2-28-13-15-29(16-14-28)20-9-5-4-8-19(20)27-22(31)11-12-30-17-26-24-23(25(30)32)18-7-3-6-10-21(18)33-24/h4-5,8-9,17H,2-3,6-7,10-16H2,1H3,(H,27,31). The van der Waals surface area contributed by atoms with Crippen molar-refractivity contribution in [1.82, 2.24) is 14.5 Å². The Kier molecular flexibility index (Phi) is 6.46. The van der Waals surface area contributed by atoms with E-state index in [1.165, 1.54) is 16.9 Å². The van der Waals surface area contributed by atoms with Gasteiger partial charge >= 0.3 is 0 Å². The number of aryl methyl sites for hydroxylation is 3. The molecule has 0 atom stereocenters. The van der Waals surface area contributed by atoms with Gasteiger partial charge in [0.25, 0.3) is 5.56 Å². The van der Waals surface area contributed by atoms with Crippen molar-refractivity contribution < 1.29 is 4.79 Å². The van der Waals surface area contributed by atoms with Crippen LogP contribution in [0.2, 0.25) is 0 Å². The maximum atomic E-state index is 13.1. The minimum absolute atomic E-state index is 0.0126. The molecule has 174 valence electrons. The number of benzene rings is 1. The van der Waals surface area contributed by atoms with Crippen molar-refractivity contribution in [1.29, 1.82) is 0 Å². The molecule has 1 N–H and O–H groups in total. The van der Waals surface area contributed by atoms with Gasteiger partial charge in [-0.25, -0.2) is 4.98 Å². The fraction of sp³-hybridized carbons (Fsp3) is 0.480. The highest BCUT2D eigenvalue weighted by Gasteiger charge is 2.21. The van der Waals surface area contributed by atoms with Crippen LogP contribution in [-0.4, -0.2) is 53.1 Å². The number of anilines is 2. The van der Waals surface area contributed by atoms with Gasteiger partial charge < -0.3 is 15.1 Å². The molecule has 3 heterocycles. The number of para-hydroxylation sites is 2. The normalized spacial score (nSPS) is 16.7. The second kappa shape index (κ2) is 9.65. The number of amides is 1. The summed E-state index contributed by atoms with van der Waals surface area (Å²) in [6, 6.07) is 7.98. The van der Waals surface area contributed by atoms with Crippen LogP contribution < -0.4 is 15.8 Å². The van der Waals surface area contributed by atoms with Crippen LogP contribution >= 0.6 is 11.3 Å². The summed E-state index contributed by atoms with van der Waals surface area (Å²) in [5.41, 5.74) is 3.07. The number of nitrogens with one attached hydrogen (secondary N) is 1. The third-order valence-electron chi connectivity index (χ3n) is 6.86. The number of hydrogen-bond donors (Lipinski definition) is 1. The van der Waals surface area contributed by atoms with Crippen molar-refractivity contribution in [3.05, 3.63) is 51.4 Å². The first-order valence-corrected chi connectivity index (χ1v) is 12.8. The van der Waals surface area contributed by atoms with Gasteiger partial charge in [-0.3, -0.25) is 14.2 Å². The number of likely N-dealkylation sites (N-methyl/N-ethyl adjacent to an activating group) is 1. The summed E-state index contributed by atoms with van der Waals surface area (Å²) in [5.74, 6) is -0.0889. The van der Waals surface area contributed by atoms with Gasteiger partial charge in [0.15, 0.2) is 0 Å². The van der Waals surface area contributed by atoms with Gasteiger partial charge in [0.1, 0.15) is 4.83 Å². The van der Waals surface area contributed by atoms with Crippen LogP contribution in [0.3, 0.4) is 0 Å². The molecule has 1 fully saturated rings. The molecule has 0 saturated carbocycles. The average molecular weight is 466 g/mol. The fourth-order valence-corrected chi connectivity index (χ4v) is 6.15. The number of carbonyl (C=O) groups excluding carboxylic acids is 1. The number of piperazine rings is 1. The fourth-order valence-electron chi connectivity index (χ4n) is 4.94. The van der Waals surface area contributed by atoms with E-state index in [2.05, 4.69) is 33.1 Å². The zero-order valence-corrected chi connectivity index (χ0v) is 20.0. The lowest BCUT2D eigenvalue weighted by Gasteiger charge is -2.36. The van der Waals surface area contributed by atoms with E-state index in [0.29, 0.717) is 6.54 Å². The van der Waals surface area contributed by atoms with Crippen LogP contribution in [0.25, 0.3) is 10.2 Å². The molecule has 1 aliphatic heterocycles. The Morgan fingerprint density at radius 2 is 1.91 bits per heavy atom. The van der Waals surface area contributed by atoms with E-state index in [4.69, 9.17) is 0 Å². The molecule has 8 heteroatoms. The predicted octanol–water partition coefficient (Wildman–Crippen LogP) is 3.51. The van der Waals surface area contributed by atoms with E-state index >= 15 is 0 Å². The smallest absolute Gasteiger partial charge is 0.262 e. The number of fused-ring (bicyclic) bond motifs is 3. The maximum Gasteiger partial charge on any atom is 0.262 e. The molecule has 2 aliphatic rings. The summed E-state index contributed by atoms with van der Waals surface area (Å²) in [4.78, 5) is 37.4. The third kappa shape index (κ3) is 4.54. The molecular weight excluding hydrogens is 434 g/mol. The maximum absolute atomic E-state index is 13.1. The monoisotopic (exact) mass is 465 g/mol. The van der Waals surface area contributed by atoms with Crippen molar-refractivity contribution in [3.63, 3.8) is 0 Å². The van der Waals surface area contributed by atoms with E-state index in [0.717, 1.165) is 73.6 Å². The van der Waals surface area contributed by atoms with Gasteiger partial charge in [0.05, 0.1) is 23.1 Å². The number of hydrogen-bond acceptors (Lipinski definition) is 6. The molecule has 0 unspecified atom stereocenters. The lowest BCUT2D eigenvalue weighted by molar-refractivity contribution is -0.116. The van der Waals surface area contributed by atoms with Crippen LogP contribution in [0, 0.1) is 0 Å². The first kappa shape index (κ1) is 22.1. The second-order valence-electron chi connectivity index (χ2n) is 8.87. The molecule has 1 aromatic carbocycles. The molecule has 3 aromatic rings. The first-order chi connectivity index (χ1) is 16.1. The summed E-state index contributed by atoms with van der Waals surface area (Å²) in [7, 11) is 0. The first-order valence-electron chi connectivity index (χ1n) is 12.0. The van der Waals surface area contributed by atoms with E-state index in [1.54, 1.807) is 22.2 Å². The Bertz CT molecular complexity index is 1210. The van der Waals surface area contributed by atoms with Crippen LogP contribution in [0.5, 0.6) is 0 Å². The SMILES string of the molecule is CCN1CCN(c2ccccc2NC(=O)CCn2cnc3sc4c(c3c2=O)CCCC4)CC1. The van der Waals surface area contributed by atoms with Gasteiger partial charge in [-0.05, 0) is 49.9 Å². The molecule has 1 saturated heterocycles. The molecule has 0 spiro atoms. The highest BCUT2D eigenvalue weighted by molar-refractivity contribution is 7.18. The van der Waals surface area contributed by atoms with Gasteiger partial charge in [-0.1, -0.05) is 19.1 Å². The minimum Gasteiger partial charge on any atom is -0.367 e. The summed E-state index contributed by atoms with van der Waals surface area (Å²) >= 11 is 1.65. The van der Waals surface area contributed by atoms with Gasteiger partial charge in [-0.2, -0.15) is 0 Å². The third-order valence-corrected chi connectivity index (χ3v) is 8.06. The van der Waals surface area contributed by atoms with Crippen molar-refractivity contribution >= 4 is 38.8 Å². The zero-order chi connectivity index (χ0) is 22.8. The van der Waals surface area contributed by atoms with Crippen LogP contribution in [0.1, 0.15) is 36.6 Å². The van der Waals surface area contributed by atoms with Crippen molar-refractivity contribution in [2.75, 3.05) is 42.9 Å². The average Bonchev–Trinajstić information content (AvgIpc) is 3.23. The number of thiophene rings is 1. The molecule has 1 aliphatic carbocycles. The van der Waals surface area contributed by atoms with Gasteiger partial charge in [0.2, 0.25) is 5.91 Å². The largest absolute Gasteiger partial charge is 0.367 e. The quantitative estimate of drug-likeness (QED) is 0.603. The molecule has 0 bridgehead atoms. The summed E-state index contributed by atoms with van der Waals surface area (Å²) in [6.07, 6.45) is 6.15. The number of rotatable bonds is 6. The Labute approximate surface area is 198 Å². The number of aromatic nitrogens is 2. The topological polar surface area (TPSA) is 70.5 Å². The van der Waals surface area contributed by atoms with Gasteiger partial charge in [0, 0.05) is 44.0 Å². The Morgan fingerprint density at radius 3 is 2.73 bits per heavy atom. The Morgan fingerprint density at radius 1 is 1.12 bits per heavy atom. The van der Waals surface area contributed by atoms with Crippen molar-refractivity contribution in [3.8, 4) is 0 Å². The lowest BCUT2D eigenvalue weighted by atomic mass is 9.97. The van der Waals surface area contributed by atoms with Crippen molar-refractivity contribution in [2.45, 2.75) is 45.6 Å². The molecule has 5 rings (SSSR count). The molecule has 7 nitrogen and oxygen atoms in total. The summed E-state index contributed by atoms with van der Waals surface area (Å²) in [6.45, 7) is 7.55. The van der Waals surface area contributed by atoms with Crippen LogP contribution in [0.15, 0.2) is 35.4 Å². The highest BCUT2D eigenvalue weighted by atomic mass is 32.1. The molecule has 2 aromatic heterocycles. The van der Waals surface area contributed by atoms with Crippen LogP contribution in [-0.2, 0) is 24.2 Å². The molecule has 1 amide bonds. The van der Waals surface area contributed by atoms with Gasteiger partial charge in [-0.15, -0.1) is 11.3 Å². The van der Waals surface area contributed by atoms with E-state index in [9.17, 15) is 9.59 Å². The van der Waals surface area contributed by atoms with E-state index in [1.807, 2.05) is 18.2 Å².